The van der Waals surface area contributed by atoms with Crippen molar-refractivity contribution in [2.75, 3.05) is 11.9 Å². The standard InChI is InChI=1S/C21H16FN5O2S2/c1-26(13-14-6-3-2-4-7-14)18-17-10-11-30-21(17)27-19(23-18)20(24-25-27)31(28,29)16-9-5-8-15(22)12-16/h2-12H,13H2,1H3. The van der Waals surface area contributed by atoms with Crippen molar-refractivity contribution < 1.29 is 12.8 Å². The van der Waals surface area contributed by atoms with Crippen molar-refractivity contribution in [2.45, 2.75) is 16.5 Å². The smallest absolute Gasteiger partial charge is 0.229 e. The van der Waals surface area contributed by atoms with E-state index in [9.17, 15) is 12.8 Å². The molecule has 0 amide bonds. The van der Waals surface area contributed by atoms with Gasteiger partial charge in [0.25, 0.3) is 0 Å². The Kier molecular flexibility index (Phi) is 4.67. The molecule has 0 spiro atoms. The first-order chi connectivity index (χ1) is 14.9. The van der Waals surface area contributed by atoms with Crippen molar-refractivity contribution in [3.63, 3.8) is 0 Å². The molecule has 2 aromatic carbocycles. The highest BCUT2D eigenvalue weighted by Gasteiger charge is 2.28. The van der Waals surface area contributed by atoms with E-state index in [4.69, 9.17) is 0 Å². The Hall–Kier alpha value is -3.37. The minimum absolute atomic E-state index is 0.106. The van der Waals surface area contributed by atoms with Gasteiger partial charge in [-0.3, -0.25) is 0 Å². The molecule has 0 aliphatic heterocycles. The largest absolute Gasteiger partial charge is 0.355 e. The fourth-order valence-corrected chi connectivity index (χ4v) is 5.54. The molecule has 0 aliphatic carbocycles. The number of hydrogen-bond acceptors (Lipinski definition) is 7. The molecule has 0 unspecified atom stereocenters. The molecule has 5 aromatic rings. The third-order valence-corrected chi connectivity index (χ3v) is 7.43. The molecule has 5 rings (SSSR count). The van der Waals surface area contributed by atoms with E-state index < -0.39 is 15.7 Å². The summed E-state index contributed by atoms with van der Waals surface area (Å²) in [6.07, 6.45) is 0. The Balaban J connectivity index is 1.69. The molecule has 0 atom stereocenters. The molecule has 10 heteroatoms. The van der Waals surface area contributed by atoms with Crippen LogP contribution >= 0.6 is 11.3 Å². The summed E-state index contributed by atoms with van der Waals surface area (Å²) in [5.41, 5.74) is 1.20. The lowest BCUT2D eigenvalue weighted by Crippen LogP contribution is -2.18. The van der Waals surface area contributed by atoms with Crippen molar-refractivity contribution in [1.82, 2.24) is 19.8 Å². The van der Waals surface area contributed by atoms with E-state index in [1.165, 1.54) is 34.1 Å². The van der Waals surface area contributed by atoms with Crippen LogP contribution in [0.25, 0.3) is 15.9 Å². The predicted molar refractivity (Wildman–Crippen MR) is 117 cm³/mol. The van der Waals surface area contributed by atoms with Crippen molar-refractivity contribution >= 4 is 42.9 Å². The zero-order chi connectivity index (χ0) is 21.6. The fourth-order valence-electron chi connectivity index (χ4n) is 3.43. The van der Waals surface area contributed by atoms with Crippen LogP contribution in [0.5, 0.6) is 0 Å². The first-order valence-electron chi connectivity index (χ1n) is 9.33. The summed E-state index contributed by atoms with van der Waals surface area (Å²) < 4.78 is 41.4. The van der Waals surface area contributed by atoms with Crippen LogP contribution in [0.2, 0.25) is 0 Å². The molecule has 31 heavy (non-hydrogen) atoms. The second-order valence-electron chi connectivity index (χ2n) is 7.01. The predicted octanol–water partition coefficient (Wildman–Crippen LogP) is 3.95. The van der Waals surface area contributed by atoms with Crippen LogP contribution in [-0.2, 0) is 16.4 Å². The van der Waals surface area contributed by atoms with Crippen molar-refractivity contribution in [3.8, 4) is 0 Å². The Morgan fingerprint density at radius 3 is 2.68 bits per heavy atom. The summed E-state index contributed by atoms with van der Waals surface area (Å²) >= 11 is 1.42. The first-order valence-corrected chi connectivity index (χ1v) is 11.7. The van der Waals surface area contributed by atoms with Gasteiger partial charge < -0.3 is 4.90 Å². The van der Waals surface area contributed by atoms with Crippen molar-refractivity contribution in [1.29, 1.82) is 0 Å². The second-order valence-corrected chi connectivity index (χ2v) is 9.77. The highest BCUT2D eigenvalue weighted by Crippen LogP contribution is 2.32. The van der Waals surface area contributed by atoms with Crippen LogP contribution in [0.1, 0.15) is 5.56 Å². The van der Waals surface area contributed by atoms with Gasteiger partial charge in [0, 0.05) is 13.6 Å². The minimum Gasteiger partial charge on any atom is -0.355 e. The molecule has 3 heterocycles. The van der Waals surface area contributed by atoms with Gasteiger partial charge in [-0.25, -0.2) is 17.8 Å². The summed E-state index contributed by atoms with van der Waals surface area (Å²) in [5.74, 6) is -0.0277. The van der Waals surface area contributed by atoms with E-state index in [1.807, 2.05) is 53.7 Å². The number of aromatic nitrogens is 4. The first kappa shape index (κ1) is 19.6. The summed E-state index contributed by atoms with van der Waals surface area (Å²) in [6.45, 7) is 0.586. The minimum atomic E-state index is -4.11. The number of nitrogens with zero attached hydrogens (tertiary/aromatic N) is 5. The molecule has 0 radical (unpaired) electrons. The number of halogens is 1. The molecule has 0 saturated heterocycles. The van der Waals surface area contributed by atoms with Crippen molar-refractivity contribution in [3.05, 3.63) is 77.4 Å². The molecule has 7 nitrogen and oxygen atoms in total. The van der Waals surface area contributed by atoms with E-state index in [0.717, 1.165) is 21.8 Å². The third kappa shape index (κ3) is 3.33. The van der Waals surface area contributed by atoms with E-state index in [0.29, 0.717) is 12.4 Å². The van der Waals surface area contributed by atoms with E-state index >= 15 is 0 Å². The van der Waals surface area contributed by atoms with Gasteiger partial charge in [-0.1, -0.05) is 41.6 Å². The lowest BCUT2D eigenvalue weighted by molar-refractivity contribution is 0.587. The maximum absolute atomic E-state index is 13.7. The molecule has 0 bridgehead atoms. The monoisotopic (exact) mass is 453 g/mol. The molecule has 156 valence electrons. The van der Waals surface area contributed by atoms with Crippen LogP contribution in [0.4, 0.5) is 10.2 Å². The lowest BCUT2D eigenvalue weighted by Gasteiger charge is -2.19. The number of thiophene rings is 1. The summed E-state index contributed by atoms with van der Waals surface area (Å²) in [4.78, 5) is 7.14. The number of fused-ring (bicyclic) bond motifs is 3. The topological polar surface area (TPSA) is 80.5 Å². The Morgan fingerprint density at radius 2 is 1.90 bits per heavy atom. The number of benzene rings is 2. The van der Waals surface area contributed by atoms with E-state index in [-0.39, 0.29) is 15.6 Å². The average Bonchev–Trinajstić information content (AvgIpc) is 3.41. The maximum Gasteiger partial charge on any atom is 0.229 e. The van der Waals surface area contributed by atoms with Gasteiger partial charge in [0.1, 0.15) is 16.5 Å². The zero-order valence-corrected chi connectivity index (χ0v) is 17.9. The zero-order valence-electron chi connectivity index (χ0n) is 16.3. The fraction of sp³-hybridized carbons (Fsp3) is 0.0952. The van der Waals surface area contributed by atoms with Gasteiger partial charge in [0.15, 0.2) is 5.65 Å². The van der Waals surface area contributed by atoms with Gasteiger partial charge in [-0.2, -0.15) is 4.52 Å². The third-order valence-electron chi connectivity index (χ3n) is 4.89. The summed E-state index contributed by atoms with van der Waals surface area (Å²) in [5, 5.41) is 10.4. The SMILES string of the molecule is CN(Cc1ccccc1)c1nc2c(S(=O)(=O)c3cccc(F)c3)nnn2c2sccc12. The highest BCUT2D eigenvalue weighted by molar-refractivity contribution is 7.91. The number of hydrogen-bond donors (Lipinski definition) is 0. The van der Waals surface area contributed by atoms with Crippen molar-refractivity contribution in [2.24, 2.45) is 0 Å². The Labute approximate surface area is 181 Å². The number of rotatable bonds is 5. The summed E-state index contributed by atoms with van der Waals surface area (Å²) in [6, 6.07) is 16.7. The molecule has 3 aromatic heterocycles. The lowest BCUT2D eigenvalue weighted by atomic mass is 10.2. The Bertz CT molecular complexity index is 1510. The van der Waals surface area contributed by atoms with Crippen LogP contribution in [0.15, 0.2) is 76.0 Å². The average molecular weight is 454 g/mol. The van der Waals surface area contributed by atoms with E-state index in [1.54, 1.807) is 0 Å². The molecular formula is C21H16FN5O2S2. The molecule has 0 saturated carbocycles. The second kappa shape index (κ2) is 7.40. The number of sulfone groups is 1. The van der Waals surface area contributed by atoms with Crippen LogP contribution in [0.3, 0.4) is 0 Å². The normalized spacial score (nSPS) is 11.9. The quantitative estimate of drug-likeness (QED) is 0.401. The maximum atomic E-state index is 13.7. The van der Waals surface area contributed by atoms with Gasteiger partial charge >= 0.3 is 0 Å². The van der Waals surface area contributed by atoms with Crippen LogP contribution < -0.4 is 4.90 Å². The van der Waals surface area contributed by atoms with Gasteiger partial charge in [0.2, 0.25) is 14.9 Å². The van der Waals surface area contributed by atoms with Gasteiger partial charge in [-0.15, -0.1) is 16.4 Å². The molecule has 0 N–H and O–H groups in total. The number of anilines is 1. The van der Waals surface area contributed by atoms with Crippen LogP contribution in [-0.4, -0.2) is 35.3 Å². The Morgan fingerprint density at radius 1 is 1.10 bits per heavy atom. The summed E-state index contributed by atoms with van der Waals surface area (Å²) in [7, 11) is -2.21. The molecule has 0 aliphatic rings. The van der Waals surface area contributed by atoms with Gasteiger partial charge in [-0.05, 0) is 35.2 Å². The molecule has 0 fully saturated rings. The molecular weight excluding hydrogens is 437 g/mol. The van der Waals surface area contributed by atoms with E-state index in [2.05, 4.69) is 15.3 Å². The van der Waals surface area contributed by atoms with Crippen LogP contribution in [0, 0.1) is 5.82 Å². The highest BCUT2D eigenvalue weighted by atomic mass is 32.2. The van der Waals surface area contributed by atoms with Gasteiger partial charge in [0.05, 0.1) is 10.3 Å².